The van der Waals surface area contributed by atoms with Gasteiger partial charge in [0.05, 0.1) is 8.07 Å². The quantitative estimate of drug-likeness (QED) is 0.482. The molecule has 3 heteroatoms. The second kappa shape index (κ2) is 7.25. The van der Waals surface area contributed by atoms with Gasteiger partial charge in [-0.3, -0.25) is 0 Å². The van der Waals surface area contributed by atoms with Crippen molar-refractivity contribution in [2.45, 2.75) is 70.9 Å². The molecule has 0 unspecified atom stereocenters. The van der Waals surface area contributed by atoms with Gasteiger partial charge in [0.2, 0.25) is 0 Å². The Bertz CT molecular complexity index is 419. The Morgan fingerprint density at radius 2 is 1.48 bits per heavy atom. The van der Waals surface area contributed by atoms with Gasteiger partial charge >= 0.3 is 0 Å². The molecule has 0 aliphatic carbocycles. The van der Waals surface area contributed by atoms with Crippen LogP contribution in [-0.2, 0) is 4.43 Å². The van der Waals surface area contributed by atoms with Crippen molar-refractivity contribution in [2.75, 3.05) is 6.61 Å². The molecule has 0 radical (unpaired) electrons. The molecule has 0 atom stereocenters. The average molecular weight is 323 g/mol. The van der Waals surface area contributed by atoms with Crippen molar-refractivity contribution in [3.8, 4) is 0 Å². The highest BCUT2D eigenvalue weighted by Gasteiger charge is 2.36. The van der Waals surface area contributed by atoms with E-state index in [1.807, 2.05) is 0 Å². The number of rotatable bonds is 7. The Hall–Kier alpha value is -0.386. The van der Waals surface area contributed by atoms with E-state index in [1.54, 1.807) is 5.19 Å². The Morgan fingerprint density at radius 1 is 0.905 bits per heavy atom. The summed E-state index contributed by atoms with van der Waals surface area (Å²) in [5, 5.41) is 1.90. The lowest BCUT2D eigenvalue weighted by molar-refractivity contribution is 0.281. The van der Waals surface area contributed by atoms with Gasteiger partial charge in [-0.25, -0.2) is 0 Å². The van der Waals surface area contributed by atoms with Crippen LogP contribution in [0.1, 0.15) is 33.6 Å². The predicted octanol–water partition coefficient (Wildman–Crippen LogP) is 5.40. The molecule has 0 aliphatic rings. The summed E-state index contributed by atoms with van der Waals surface area (Å²) < 4.78 is 6.27. The molecule has 0 amide bonds. The lowest BCUT2D eigenvalue weighted by Gasteiger charge is -2.36. The molecule has 1 aromatic rings. The Kier molecular flexibility index (Phi) is 6.44. The monoisotopic (exact) mass is 322 g/mol. The van der Waals surface area contributed by atoms with Crippen LogP contribution >= 0.6 is 0 Å². The van der Waals surface area contributed by atoms with Gasteiger partial charge in [-0.2, -0.15) is 0 Å². The van der Waals surface area contributed by atoms with Crippen LogP contribution in [0.15, 0.2) is 30.3 Å². The molecule has 0 N–H and O–H groups in total. The van der Waals surface area contributed by atoms with Crippen molar-refractivity contribution in [2.24, 2.45) is 0 Å². The summed E-state index contributed by atoms with van der Waals surface area (Å²) in [4.78, 5) is 0. The fourth-order valence-corrected chi connectivity index (χ4v) is 5.85. The molecule has 0 spiro atoms. The highest BCUT2D eigenvalue weighted by molar-refractivity contribution is 6.89. The largest absolute Gasteiger partial charge is 0.417 e. The third-order valence-electron chi connectivity index (χ3n) is 5.02. The first-order valence-electron chi connectivity index (χ1n) is 8.26. The van der Waals surface area contributed by atoms with E-state index in [4.69, 9.17) is 4.43 Å². The maximum atomic E-state index is 6.27. The first-order valence-corrected chi connectivity index (χ1v) is 14.4. The fraction of sp³-hybridized carbons (Fsp3) is 0.667. The normalized spacial score (nSPS) is 13.5. The van der Waals surface area contributed by atoms with E-state index in [0.29, 0.717) is 5.04 Å². The van der Waals surface area contributed by atoms with Crippen LogP contribution in [0.3, 0.4) is 0 Å². The van der Waals surface area contributed by atoms with Gasteiger partial charge < -0.3 is 4.43 Å². The Morgan fingerprint density at radius 3 is 2.00 bits per heavy atom. The van der Waals surface area contributed by atoms with E-state index in [1.165, 1.54) is 18.9 Å². The molecule has 0 aliphatic heterocycles. The second-order valence-electron chi connectivity index (χ2n) is 8.32. The summed E-state index contributed by atoms with van der Waals surface area (Å²) in [7, 11) is -2.81. The van der Waals surface area contributed by atoms with Crippen molar-refractivity contribution in [3.05, 3.63) is 30.3 Å². The summed E-state index contributed by atoms with van der Waals surface area (Å²) in [6, 6.07) is 12.4. The molecule has 0 saturated carbocycles. The smallest absolute Gasteiger partial charge is 0.191 e. The van der Waals surface area contributed by atoms with Crippen LogP contribution in [0.4, 0.5) is 0 Å². The molecular formula is C18H34OSi2. The maximum Gasteiger partial charge on any atom is 0.191 e. The van der Waals surface area contributed by atoms with Gasteiger partial charge in [-0.1, -0.05) is 81.8 Å². The average Bonchev–Trinajstić information content (AvgIpc) is 2.38. The summed E-state index contributed by atoms with van der Waals surface area (Å²) in [6.07, 6.45) is 2.50. The molecule has 1 rings (SSSR count). The molecule has 0 saturated heterocycles. The van der Waals surface area contributed by atoms with Crippen molar-refractivity contribution in [3.63, 3.8) is 0 Å². The molecule has 21 heavy (non-hydrogen) atoms. The van der Waals surface area contributed by atoms with E-state index in [0.717, 1.165) is 6.61 Å². The third-order valence-corrected chi connectivity index (χ3v) is 13.1. The van der Waals surface area contributed by atoms with Gasteiger partial charge in [-0.05, 0) is 24.6 Å². The van der Waals surface area contributed by atoms with Crippen molar-refractivity contribution < 1.29 is 4.43 Å². The maximum absolute atomic E-state index is 6.27. The fourth-order valence-electron chi connectivity index (χ4n) is 2.25. The topological polar surface area (TPSA) is 9.23 Å². The summed E-state index contributed by atoms with van der Waals surface area (Å²) in [5.41, 5.74) is 0. The summed E-state index contributed by atoms with van der Waals surface area (Å²) >= 11 is 0. The molecule has 0 heterocycles. The van der Waals surface area contributed by atoms with Gasteiger partial charge in [0, 0.05) is 6.61 Å². The van der Waals surface area contributed by atoms with E-state index < -0.39 is 16.4 Å². The van der Waals surface area contributed by atoms with Crippen LogP contribution in [0.2, 0.25) is 37.3 Å². The van der Waals surface area contributed by atoms with E-state index in [2.05, 4.69) is 77.3 Å². The first kappa shape index (κ1) is 18.7. The molecule has 0 bridgehead atoms. The zero-order chi connectivity index (χ0) is 16.1. The number of hydrogen-bond donors (Lipinski definition) is 0. The van der Waals surface area contributed by atoms with E-state index in [9.17, 15) is 0 Å². The van der Waals surface area contributed by atoms with Gasteiger partial charge in [-0.15, -0.1) is 0 Å². The molecular weight excluding hydrogens is 288 g/mol. The highest BCUT2D eigenvalue weighted by atomic mass is 28.4. The number of unbranched alkanes of at least 4 members (excludes halogenated alkanes) is 1. The van der Waals surface area contributed by atoms with Crippen LogP contribution in [0.25, 0.3) is 0 Å². The van der Waals surface area contributed by atoms with Crippen LogP contribution < -0.4 is 5.19 Å². The molecule has 1 aromatic carbocycles. The van der Waals surface area contributed by atoms with E-state index in [-0.39, 0.29) is 0 Å². The standard InChI is InChI=1S/C18H34OSi2/c1-18(2,3)21(6,7)19-15-11-12-16-20(4,5)17-13-9-8-10-14-17/h8-10,13-14H,11-12,15-16H2,1-7H3. The lowest BCUT2D eigenvalue weighted by atomic mass is 10.2. The Balaban J connectivity index is 2.35. The van der Waals surface area contributed by atoms with Crippen molar-refractivity contribution >= 4 is 21.6 Å². The highest BCUT2D eigenvalue weighted by Crippen LogP contribution is 2.36. The van der Waals surface area contributed by atoms with Gasteiger partial charge in [0.25, 0.3) is 0 Å². The molecule has 0 aromatic heterocycles. The summed E-state index contributed by atoms with van der Waals surface area (Å²) in [6.45, 7) is 17.5. The minimum atomic E-state index is -1.55. The molecule has 0 fully saturated rings. The SMILES string of the molecule is CC(C)(C)[Si](C)(C)OCCCC[Si](C)(C)c1ccccc1. The predicted molar refractivity (Wildman–Crippen MR) is 101 cm³/mol. The molecule has 120 valence electrons. The lowest BCUT2D eigenvalue weighted by Crippen LogP contribution is -2.42. The van der Waals surface area contributed by atoms with Gasteiger partial charge in [0.15, 0.2) is 8.32 Å². The first-order chi connectivity index (χ1) is 9.56. The Labute approximate surface area is 134 Å². The van der Waals surface area contributed by atoms with Crippen LogP contribution in [0.5, 0.6) is 0 Å². The molecule has 1 nitrogen and oxygen atoms in total. The van der Waals surface area contributed by atoms with Crippen LogP contribution in [-0.4, -0.2) is 23.0 Å². The van der Waals surface area contributed by atoms with Crippen molar-refractivity contribution in [1.82, 2.24) is 0 Å². The zero-order valence-corrected chi connectivity index (χ0v) is 17.1. The van der Waals surface area contributed by atoms with Gasteiger partial charge in [0.1, 0.15) is 0 Å². The number of benzene rings is 1. The summed E-state index contributed by atoms with van der Waals surface area (Å²) in [5.74, 6) is 0. The second-order valence-corrected chi connectivity index (χ2v) is 18.0. The minimum absolute atomic E-state index is 0.324. The number of hydrogen-bond acceptors (Lipinski definition) is 1. The minimum Gasteiger partial charge on any atom is -0.417 e. The third kappa shape index (κ3) is 5.72. The van der Waals surface area contributed by atoms with Crippen LogP contribution in [0, 0.1) is 0 Å². The van der Waals surface area contributed by atoms with E-state index >= 15 is 0 Å². The van der Waals surface area contributed by atoms with Crippen molar-refractivity contribution in [1.29, 1.82) is 0 Å². The zero-order valence-electron chi connectivity index (χ0n) is 15.1.